The summed E-state index contributed by atoms with van der Waals surface area (Å²) in [6.45, 7) is 13.8. The molecule has 0 atom stereocenters. The van der Waals surface area contributed by atoms with Crippen LogP contribution in [0.15, 0.2) is 131 Å². The lowest BCUT2D eigenvalue weighted by molar-refractivity contribution is 0.473. The molecule has 0 unspecified atom stereocenters. The van der Waals surface area contributed by atoms with Gasteiger partial charge in [-0.1, -0.05) is 106 Å². The van der Waals surface area contributed by atoms with Gasteiger partial charge in [0.05, 0.1) is 17.8 Å². The largest absolute Gasteiger partial charge is 0.507 e. The number of rotatable bonds is 5. The van der Waals surface area contributed by atoms with Gasteiger partial charge in [0.25, 0.3) is 0 Å². The summed E-state index contributed by atoms with van der Waals surface area (Å²) in [5, 5.41) is 12.9. The summed E-state index contributed by atoms with van der Waals surface area (Å²) in [6, 6.07) is 39.8. The summed E-state index contributed by atoms with van der Waals surface area (Å²) in [5.41, 5.74) is 9.08. The molecular weight excluding hydrogens is 566 g/mol. The average Bonchev–Trinajstić information content (AvgIpc) is 3.51. The maximum absolute atomic E-state index is 10.6. The molecule has 5 heteroatoms. The quantitative estimate of drug-likeness (QED) is 0.159. The minimum absolute atomic E-state index is 0.0635. The van der Waals surface area contributed by atoms with Gasteiger partial charge in [0.2, 0.25) is 5.89 Å². The Balaban J connectivity index is 1.39. The first-order valence-corrected chi connectivity index (χ1v) is 15.2. The third-order valence-corrected chi connectivity index (χ3v) is 8.28. The van der Waals surface area contributed by atoms with Gasteiger partial charge in [0.15, 0.2) is 11.3 Å². The normalized spacial score (nSPS) is 11.8. The number of oxazole rings is 1. The molecule has 46 heavy (non-hydrogen) atoms. The number of para-hydroxylation sites is 1. The van der Waals surface area contributed by atoms with Crippen LogP contribution in [0.1, 0.15) is 31.9 Å². The van der Waals surface area contributed by atoms with E-state index in [1.165, 1.54) is 0 Å². The van der Waals surface area contributed by atoms with Crippen LogP contribution in [0, 0.1) is 6.57 Å². The zero-order valence-electron chi connectivity index (χ0n) is 25.8. The van der Waals surface area contributed by atoms with Crippen molar-refractivity contribution in [1.82, 2.24) is 4.98 Å². The van der Waals surface area contributed by atoms with Crippen molar-refractivity contribution in [2.75, 3.05) is 0 Å². The van der Waals surface area contributed by atoms with Crippen molar-refractivity contribution < 1.29 is 9.52 Å². The number of nitrogens with zero attached hydrogens (tertiary/aromatic N) is 3. The molecule has 0 spiro atoms. The summed E-state index contributed by atoms with van der Waals surface area (Å²) < 4.78 is 6.53. The highest BCUT2D eigenvalue weighted by Gasteiger charge is 2.19. The Labute approximate surface area is 268 Å². The van der Waals surface area contributed by atoms with Crippen LogP contribution >= 0.6 is 0 Å². The number of benzene rings is 6. The van der Waals surface area contributed by atoms with Crippen LogP contribution in [0.4, 0.5) is 11.4 Å². The number of phenols is 1. The molecule has 1 N–H and O–H groups in total. The SMILES string of the molecule is [C-]#[N+]c1ccc(-c2cc(-c3cccc4ccccc34)c3nc(-c4ccccc4N=Cc4cc(C(C)(C)C)ccc4O)oc3c2)cc1. The molecule has 0 bridgehead atoms. The van der Waals surface area contributed by atoms with Crippen LogP contribution in [0.2, 0.25) is 0 Å². The standard InChI is InChI=1S/C41H31N3O2/c1-41(2,3)30-18-21-37(45)29(22-30)25-43-36-15-8-7-13-34(36)40-44-39-35(33-14-9-11-27-10-5-6-12-32(27)33)23-28(24-38(39)46-40)26-16-19-31(42-4)20-17-26/h5-25,45H,1-3H3. The second kappa shape index (κ2) is 11.5. The maximum atomic E-state index is 10.6. The Bertz CT molecular complexity index is 2310. The fourth-order valence-corrected chi connectivity index (χ4v) is 5.74. The molecule has 6 aromatic carbocycles. The summed E-state index contributed by atoms with van der Waals surface area (Å²) >= 11 is 0. The Morgan fingerprint density at radius 2 is 1.50 bits per heavy atom. The highest BCUT2D eigenvalue weighted by atomic mass is 16.3. The van der Waals surface area contributed by atoms with Gasteiger partial charge >= 0.3 is 0 Å². The Morgan fingerprint density at radius 1 is 0.761 bits per heavy atom. The average molecular weight is 598 g/mol. The zero-order chi connectivity index (χ0) is 31.8. The predicted octanol–water partition coefficient (Wildman–Crippen LogP) is 11.3. The van der Waals surface area contributed by atoms with Crippen molar-refractivity contribution in [3.8, 4) is 39.5 Å². The maximum Gasteiger partial charge on any atom is 0.229 e. The molecule has 1 aromatic heterocycles. The Morgan fingerprint density at radius 3 is 2.30 bits per heavy atom. The zero-order valence-corrected chi connectivity index (χ0v) is 25.8. The number of hydrogen-bond donors (Lipinski definition) is 1. The van der Waals surface area contributed by atoms with E-state index in [4.69, 9.17) is 21.0 Å². The fraction of sp³-hybridized carbons (Fsp3) is 0.0976. The molecule has 7 aromatic rings. The molecule has 0 aliphatic heterocycles. The van der Waals surface area contributed by atoms with E-state index in [1.807, 2.05) is 78.9 Å². The lowest BCUT2D eigenvalue weighted by atomic mass is 9.86. The van der Waals surface area contributed by atoms with E-state index in [2.05, 4.69) is 62.0 Å². The van der Waals surface area contributed by atoms with Gasteiger partial charge < -0.3 is 9.52 Å². The minimum Gasteiger partial charge on any atom is -0.507 e. The van der Waals surface area contributed by atoms with Gasteiger partial charge in [-0.15, -0.1) is 0 Å². The molecule has 0 amide bonds. The van der Waals surface area contributed by atoms with Crippen molar-refractivity contribution in [2.24, 2.45) is 4.99 Å². The number of fused-ring (bicyclic) bond motifs is 2. The Kier molecular flexibility index (Phi) is 7.19. The third kappa shape index (κ3) is 5.42. The lowest BCUT2D eigenvalue weighted by Crippen LogP contribution is -2.11. The van der Waals surface area contributed by atoms with E-state index >= 15 is 0 Å². The highest BCUT2D eigenvalue weighted by Crippen LogP contribution is 2.40. The molecule has 0 aliphatic rings. The van der Waals surface area contributed by atoms with E-state index in [0.29, 0.717) is 28.4 Å². The van der Waals surface area contributed by atoms with Gasteiger partial charge in [0, 0.05) is 17.3 Å². The van der Waals surface area contributed by atoms with Gasteiger partial charge in [-0.25, -0.2) is 9.83 Å². The van der Waals surface area contributed by atoms with Crippen LogP contribution in [0.5, 0.6) is 5.75 Å². The lowest BCUT2D eigenvalue weighted by Gasteiger charge is -2.19. The molecule has 0 radical (unpaired) electrons. The van der Waals surface area contributed by atoms with Gasteiger partial charge in [-0.2, -0.15) is 0 Å². The molecule has 7 rings (SSSR count). The number of aliphatic imine (C=N–C) groups is 1. The highest BCUT2D eigenvalue weighted by molar-refractivity contribution is 6.05. The summed E-state index contributed by atoms with van der Waals surface area (Å²) in [7, 11) is 0. The van der Waals surface area contributed by atoms with Crippen LogP contribution < -0.4 is 0 Å². The molecule has 222 valence electrons. The van der Waals surface area contributed by atoms with Gasteiger partial charge in [0.1, 0.15) is 11.3 Å². The van der Waals surface area contributed by atoms with Crippen LogP contribution in [0.3, 0.4) is 0 Å². The van der Waals surface area contributed by atoms with Crippen LogP contribution in [-0.2, 0) is 5.41 Å². The van der Waals surface area contributed by atoms with Crippen LogP contribution in [0.25, 0.3) is 60.4 Å². The topological polar surface area (TPSA) is 63.0 Å². The first kappa shape index (κ1) is 28.8. The fourth-order valence-electron chi connectivity index (χ4n) is 5.74. The van der Waals surface area contributed by atoms with Crippen molar-refractivity contribution in [3.63, 3.8) is 0 Å². The Hall–Kier alpha value is -5.99. The molecule has 5 nitrogen and oxygen atoms in total. The first-order valence-electron chi connectivity index (χ1n) is 15.2. The van der Waals surface area contributed by atoms with E-state index in [1.54, 1.807) is 12.3 Å². The molecule has 1 heterocycles. The summed E-state index contributed by atoms with van der Waals surface area (Å²) in [5.74, 6) is 0.630. The van der Waals surface area contributed by atoms with Crippen LogP contribution in [-0.4, -0.2) is 16.3 Å². The molecular formula is C41H31N3O2. The monoisotopic (exact) mass is 597 g/mol. The summed E-state index contributed by atoms with van der Waals surface area (Å²) in [6.07, 6.45) is 1.69. The first-order chi connectivity index (χ1) is 22.3. The van der Waals surface area contributed by atoms with Crippen molar-refractivity contribution >= 4 is 39.5 Å². The van der Waals surface area contributed by atoms with E-state index < -0.39 is 0 Å². The second-order valence-electron chi connectivity index (χ2n) is 12.4. The van der Waals surface area contributed by atoms with Crippen molar-refractivity contribution in [2.45, 2.75) is 26.2 Å². The summed E-state index contributed by atoms with van der Waals surface area (Å²) in [4.78, 5) is 13.4. The minimum atomic E-state index is -0.0635. The predicted molar refractivity (Wildman–Crippen MR) is 188 cm³/mol. The molecule has 0 saturated heterocycles. The second-order valence-corrected chi connectivity index (χ2v) is 12.4. The molecule has 0 fully saturated rings. The third-order valence-electron chi connectivity index (χ3n) is 8.28. The van der Waals surface area contributed by atoms with Gasteiger partial charge in [-0.3, -0.25) is 4.99 Å². The van der Waals surface area contributed by atoms with Crippen molar-refractivity contribution in [1.29, 1.82) is 0 Å². The van der Waals surface area contributed by atoms with E-state index in [0.717, 1.165) is 49.7 Å². The van der Waals surface area contributed by atoms with E-state index in [9.17, 15) is 5.11 Å². The van der Waals surface area contributed by atoms with Crippen molar-refractivity contribution in [3.05, 3.63) is 144 Å². The van der Waals surface area contributed by atoms with Gasteiger partial charge in [-0.05, 0) is 74.8 Å². The number of aromatic nitrogens is 1. The number of hydrogen-bond acceptors (Lipinski definition) is 4. The smallest absolute Gasteiger partial charge is 0.229 e. The molecule has 0 saturated carbocycles. The number of aromatic hydroxyl groups is 1. The van der Waals surface area contributed by atoms with E-state index in [-0.39, 0.29) is 11.2 Å². The number of phenolic OH excluding ortho intramolecular Hbond substituents is 1. The molecule has 0 aliphatic carbocycles.